The largest absolute Gasteiger partial charge is 0.475 e. The number of allylic oxidation sites excluding steroid dienone is 5. The van der Waals surface area contributed by atoms with E-state index >= 15 is 0 Å². The van der Waals surface area contributed by atoms with Crippen LogP contribution in [-0.2, 0) is 9.53 Å². The molecule has 1 unspecified atom stereocenters. The first-order chi connectivity index (χ1) is 30.4. The van der Waals surface area contributed by atoms with E-state index in [1.807, 2.05) is 6.92 Å². The summed E-state index contributed by atoms with van der Waals surface area (Å²) in [6, 6.07) is 5.59. The van der Waals surface area contributed by atoms with E-state index < -0.39 is 11.0 Å². The number of hydrogen-bond acceptors (Lipinski definition) is 7. The molecule has 0 amide bonds. The summed E-state index contributed by atoms with van der Waals surface area (Å²) in [6.07, 6.45) is 28.8. The topological polar surface area (TPSA) is 105 Å². The van der Waals surface area contributed by atoms with Gasteiger partial charge in [0.25, 0.3) is 0 Å². The van der Waals surface area contributed by atoms with E-state index in [9.17, 15) is 15.2 Å². The predicted octanol–water partition coefficient (Wildman–Crippen LogP) is 12.8. The number of nitrogens with zero attached hydrogens (tertiary/aromatic N) is 3. The van der Waals surface area contributed by atoms with E-state index in [1.165, 1.54) is 55.2 Å². The highest BCUT2D eigenvalue weighted by Crippen LogP contribution is 2.77. The molecule has 8 rings (SSSR count). The third-order valence-corrected chi connectivity index (χ3v) is 22.5. The molecule has 1 N–H and O–H groups in total. The van der Waals surface area contributed by atoms with Crippen LogP contribution in [-0.4, -0.2) is 63.5 Å². The maximum absolute atomic E-state index is 13.7. The van der Waals surface area contributed by atoms with Crippen molar-refractivity contribution in [1.82, 2.24) is 4.98 Å². The van der Waals surface area contributed by atoms with Gasteiger partial charge in [0, 0.05) is 18.8 Å². The molecule has 64 heavy (non-hydrogen) atoms. The monoisotopic (exact) mass is 892 g/mol. The molecule has 5 saturated carbocycles. The second-order valence-electron chi connectivity index (χ2n) is 23.3. The second-order valence-corrected chi connectivity index (χ2v) is 25.7. The summed E-state index contributed by atoms with van der Waals surface area (Å²) in [7, 11) is 0.335. The molecule has 0 bridgehead atoms. The van der Waals surface area contributed by atoms with Crippen LogP contribution in [0.25, 0.3) is 0 Å². The second kappa shape index (κ2) is 17.6. The van der Waals surface area contributed by atoms with E-state index in [0.29, 0.717) is 71.5 Å². The lowest BCUT2D eigenvalue weighted by molar-refractivity contribution is -0.218. The van der Waals surface area contributed by atoms with Gasteiger partial charge in [-0.25, -0.2) is 4.98 Å². The Kier molecular flexibility index (Phi) is 13.0. The Bertz CT molecular complexity index is 2140. The van der Waals surface area contributed by atoms with Crippen molar-refractivity contribution in [3.05, 3.63) is 59.3 Å². The number of ether oxygens (including phenoxy) is 2. The number of aliphatic imine (C=N–C) groups is 1. The summed E-state index contributed by atoms with van der Waals surface area (Å²) in [5.41, 5.74) is 3.79. The van der Waals surface area contributed by atoms with Gasteiger partial charge in [-0.3, -0.25) is 9.79 Å². The first kappa shape index (κ1) is 47.5. The molecule has 11 atom stereocenters. The van der Waals surface area contributed by atoms with Crippen LogP contribution in [0.3, 0.4) is 0 Å². The zero-order valence-electron chi connectivity index (χ0n) is 41.1. The summed E-state index contributed by atoms with van der Waals surface area (Å²) in [5.74, 6) is 2.92. The Labute approximate surface area is 389 Å². The van der Waals surface area contributed by atoms with Crippen LogP contribution in [0.5, 0.6) is 5.88 Å². The minimum Gasteiger partial charge on any atom is -0.475 e. The van der Waals surface area contributed by atoms with Crippen LogP contribution in [0.15, 0.2) is 58.8 Å². The van der Waals surface area contributed by atoms with Crippen LogP contribution in [0.2, 0.25) is 0 Å². The number of esters is 1. The quantitative estimate of drug-likeness (QED) is 0.103. The Morgan fingerprint density at radius 1 is 0.984 bits per heavy atom. The fourth-order valence-corrected chi connectivity index (χ4v) is 17.7. The molecular weight excluding hydrogens is 811 g/mol. The number of pyridine rings is 1. The predicted molar refractivity (Wildman–Crippen MR) is 264 cm³/mol. The van der Waals surface area contributed by atoms with Crippen LogP contribution in [0, 0.1) is 68.0 Å². The molecule has 0 spiro atoms. The molecule has 5 fully saturated rings. The highest BCUT2D eigenvalue weighted by atomic mass is 32.2. The third-order valence-electron chi connectivity index (χ3n) is 20.2. The minimum absolute atomic E-state index is 0.00265. The van der Waals surface area contributed by atoms with E-state index in [1.54, 1.807) is 18.3 Å². The Balaban J connectivity index is 1.02. The van der Waals surface area contributed by atoms with E-state index in [2.05, 4.69) is 96.1 Å². The van der Waals surface area contributed by atoms with Gasteiger partial charge in [0.2, 0.25) is 5.88 Å². The van der Waals surface area contributed by atoms with Gasteiger partial charge >= 0.3 is 5.97 Å². The van der Waals surface area contributed by atoms with Crippen molar-refractivity contribution in [1.29, 1.82) is 5.26 Å². The average Bonchev–Trinajstić information content (AvgIpc) is 3.66. The van der Waals surface area contributed by atoms with Crippen molar-refractivity contribution in [2.24, 2.45) is 61.7 Å². The fraction of sp³-hybridized carbons (Fsp3) is 0.732. The van der Waals surface area contributed by atoms with Crippen molar-refractivity contribution in [3.8, 4) is 11.9 Å². The lowest BCUT2D eigenvalue weighted by Gasteiger charge is -2.72. The average molecular weight is 892 g/mol. The van der Waals surface area contributed by atoms with E-state index in [4.69, 9.17) is 14.5 Å². The maximum Gasteiger partial charge on any atom is 0.315 e. The Hall–Kier alpha value is -3.02. The maximum atomic E-state index is 13.7. The fourth-order valence-electron chi connectivity index (χ4n) is 16.4. The number of aliphatic hydroxyl groups is 1. The first-order valence-electron chi connectivity index (χ1n) is 25.3. The third kappa shape index (κ3) is 7.75. The van der Waals surface area contributed by atoms with Crippen molar-refractivity contribution in [2.75, 3.05) is 19.5 Å². The summed E-state index contributed by atoms with van der Waals surface area (Å²) < 4.78 is 11.8. The normalized spacial score (nSPS) is 41.9. The van der Waals surface area contributed by atoms with Gasteiger partial charge in [0.1, 0.15) is 23.7 Å². The van der Waals surface area contributed by atoms with Gasteiger partial charge in [-0.2, -0.15) is 15.7 Å². The number of nitriles is 1. The molecule has 7 aliphatic rings. The Morgan fingerprint density at radius 2 is 1.75 bits per heavy atom. The number of hydrogen-bond donors (Lipinski definition) is 1. The Morgan fingerprint density at radius 3 is 2.42 bits per heavy atom. The standard InChI is InChI=1S/C56H81N3O4S/c1-11-62-49(60)54(37-63-48-40(36-57)14-13-34-58-48)26-17-39(18-27-54)43-22-24-51(7)45(50(43,5)6)23-25-53(9)46(51)16-15-44-47-42(38(3)4)21-30-56(47,32-31-52(44,53)8)59-35-33-55(61)28-19-41(20-29-55)64(10)12-2/h12-14,17,22,34-35,41-42,44-47,61H,3,11,15-16,18-21,23-33,37H2,1-2,4-10H3/t41?,42-,44+,45-,46+,47+,51-,52+,53+,54+,55?,56-,64?/m0/s1. The van der Waals surface area contributed by atoms with Gasteiger partial charge in [0.05, 0.1) is 17.7 Å². The van der Waals surface area contributed by atoms with Crippen LogP contribution >= 0.6 is 10.5 Å². The number of rotatable bonds is 11. The zero-order valence-corrected chi connectivity index (χ0v) is 41.9. The molecular formula is C56H81N3O4S. The van der Waals surface area contributed by atoms with Crippen molar-refractivity contribution < 1.29 is 19.4 Å². The summed E-state index contributed by atoms with van der Waals surface area (Å²) in [4.78, 5) is 23.6. The van der Waals surface area contributed by atoms with Crippen molar-refractivity contribution in [3.63, 3.8) is 0 Å². The van der Waals surface area contributed by atoms with E-state index in [-0.39, 0.29) is 45.7 Å². The number of aromatic nitrogens is 1. The molecule has 0 radical (unpaired) electrons. The summed E-state index contributed by atoms with van der Waals surface area (Å²) >= 11 is 0. The van der Waals surface area contributed by atoms with Crippen molar-refractivity contribution in [2.45, 2.75) is 181 Å². The molecule has 1 aromatic rings. The summed E-state index contributed by atoms with van der Waals surface area (Å²) in [5, 5.41) is 24.5. The molecule has 350 valence electrons. The van der Waals surface area contributed by atoms with Gasteiger partial charge < -0.3 is 14.6 Å². The lowest BCUT2D eigenvalue weighted by Crippen LogP contribution is -2.66. The van der Waals surface area contributed by atoms with Crippen molar-refractivity contribution >= 4 is 28.0 Å². The van der Waals surface area contributed by atoms with E-state index in [0.717, 1.165) is 56.6 Å². The number of carbonyl (C=O) groups is 1. The highest BCUT2D eigenvalue weighted by Gasteiger charge is 2.70. The van der Waals surface area contributed by atoms with Crippen LogP contribution < -0.4 is 4.74 Å². The van der Waals surface area contributed by atoms with Crippen LogP contribution in [0.1, 0.15) is 170 Å². The molecule has 0 aliphatic heterocycles. The molecule has 7 nitrogen and oxygen atoms in total. The minimum atomic E-state index is -0.823. The number of fused-ring (bicyclic) bond motifs is 7. The summed E-state index contributed by atoms with van der Waals surface area (Å²) in [6.45, 7) is 24.6. The molecule has 7 aliphatic carbocycles. The van der Waals surface area contributed by atoms with Gasteiger partial charge in [-0.1, -0.05) is 64.3 Å². The first-order valence-corrected chi connectivity index (χ1v) is 27.0. The SMILES string of the molecule is C=C(C)[C@@H]1CC[C@]2(N=CCC3(O)CCC(/S(C)=C\C)CC3)CC[C@]3(C)[C@H](CC[C@@H]4[C@@]5(C)CC=C(C6=CC[C@@](COc7ncccc7C#N)(C(=O)OCC)CC6)C(C)(C)[C@@H]5CC[C@]43C)[C@@H]12. The lowest BCUT2D eigenvalue weighted by atomic mass is 9.33. The molecule has 1 heterocycles. The molecule has 0 saturated heterocycles. The molecule has 1 aromatic heterocycles. The van der Waals surface area contributed by atoms with Gasteiger partial charge in [0.15, 0.2) is 0 Å². The van der Waals surface area contributed by atoms with Crippen LogP contribution in [0.4, 0.5) is 0 Å². The number of carbonyl (C=O) groups excluding carboxylic acids is 1. The molecule has 0 aromatic carbocycles. The van der Waals surface area contributed by atoms with Gasteiger partial charge in [-0.15, -0.1) is 0 Å². The highest BCUT2D eigenvalue weighted by molar-refractivity contribution is 8.14. The molecule has 8 heteroatoms. The zero-order chi connectivity index (χ0) is 45.9. The smallest absolute Gasteiger partial charge is 0.315 e. The van der Waals surface area contributed by atoms with Gasteiger partial charge in [-0.05, 0) is 210 Å².